The highest BCUT2D eigenvalue weighted by Crippen LogP contribution is 2.30. The predicted molar refractivity (Wildman–Crippen MR) is 168 cm³/mol. The van der Waals surface area contributed by atoms with Crippen molar-refractivity contribution in [3.8, 4) is 22.1 Å². The van der Waals surface area contributed by atoms with Crippen LogP contribution in [0, 0.1) is 0 Å². The summed E-state index contributed by atoms with van der Waals surface area (Å²) < 4.78 is 30.8. The molecule has 6 rings (SSSR count). The van der Waals surface area contributed by atoms with Crippen molar-refractivity contribution in [2.24, 2.45) is 0 Å². The van der Waals surface area contributed by atoms with E-state index >= 15 is 0 Å². The lowest BCUT2D eigenvalue weighted by Crippen LogP contribution is -2.47. The molecular weight excluding hydrogens is 605 g/mol. The van der Waals surface area contributed by atoms with Gasteiger partial charge in [0.15, 0.2) is 17.5 Å². The zero-order chi connectivity index (χ0) is 30.5. The molecule has 2 aliphatic heterocycles. The summed E-state index contributed by atoms with van der Waals surface area (Å²) >= 11 is 1.62. The second kappa shape index (κ2) is 13.3. The van der Waals surface area contributed by atoms with E-state index in [1.54, 1.807) is 23.5 Å². The number of morpholine rings is 1. The monoisotopic (exact) mass is 636 g/mol. The van der Waals surface area contributed by atoms with Gasteiger partial charge in [-0.1, -0.05) is 0 Å². The van der Waals surface area contributed by atoms with Crippen LogP contribution in [0.1, 0.15) is 4.88 Å². The fourth-order valence-corrected chi connectivity index (χ4v) is 6.69. The molecule has 0 unspecified atom stereocenters. The Morgan fingerprint density at radius 2 is 1.66 bits per heavy atom. The molecule has 2 saturated heterocycles. The third-order valence-corrected chi connectivity index (χ3v) is 9.55. The summed E-state index contributed by atoms with van der Waals surface area (Å²) in [6, 6.07) is 11.0. The molecule has 3 aromatic heterocycles. The van der Waals surface area contributed by atoms with E-state index in [-0.39, 0.29) is 0 Å². The van der Waals surface area contributed by atoms with Gasteiger partial charge in [-0.05, 0) is 36.4 Å². The van der Waals surface area contributed by atoms with Crippen LogP contribution in [0.25, 0.3) is 22.1 Å². The molecule has 2 aliphatic rings. The van der Waals surface area contributed by atoms with E-state index in [1.165, 1.54) is 29.2 Å². The minimum absolute atomic E-state index is 0.348. The molecule has 0 aliphatic carbocycles. The number of thiophene rings is 1. The van der Waals surface area contributed by atoms with Crippen LogP contribution in [0.4, 0.5) is 22.2 Å². The van der Waals surface area contributed by atoms with E-state index in [1.807, 2.05) is 18.2 Å². The summed E-state index contributed by atoms with van der Waals surface area (Å²) in [6.07, 6.45) is 5.75. The number of sulfonamides is 1. The first kappa shape index (κ1) is 30.0. The second-order valence-corrected chi connectivity index (χ2v) is 13.5. The van der Waals surface area contributed by atoms with Crippen LogP contribution in [0.3, 0.4) is 0 Å². The van der Waals surface area contributed by atoms with Crippen molar-refractivity contribution in [1.82, 2.24) is 34.1 Å². The Labute approximate surface area is 259 Å². The number of benzene rings is 1. The Bertz CT molecular complexity index is 1690. The van der Waals surface area contributed by atoms with Crippen molar-refractivity contribution >= 4 is 44.8 Å². The number of hydrogen-bond donors (Lipinski definition) is 2. The van der Waals surface area contributed by atoms with E-state index in [9.17, 15) is 13.2 Å². The fraction of sp³-hybridized carbons (Fsp3) is 0.357. The maximum atomic E-state index is 12.4. The molecular formula is C28H32N10O4S2. The van der Waals surface area contributed by atoms with Crippen LogP contribution in [0.5, 0.6) is 0 Å². The summed E-state index contributed by atoms with van der Waals surface area (Å²) in [6.45, 7) is 5.66. The number of nitrogens with zero attached hydrogens (tertiary/aromatic N) is 8. The standard InChI is InChI=1S/C28H32N10O4S2/c1-44(40,41)38-12-10-36(11-13-38)19-22-6-7-23(43-22)26-33-25(34-27(35-26)37-14-16-42-17-15-37)20-2-4-21(5-3-20)31-28(39)32-24-18-29-8-9-30-24/h2-9,18H,10-17,19H2,1H3,(H2,30,31,32,39). The fourth-order valence-electron chi connectivity index (χ4n) is 4.88. The molecule has 230 valence electrons. The van der Waals surface area contributed by atoms with Crippen molar-refractivity contribution in [3.05, 3.63) is 59.9 Å². The number of hydrogen-bond acceptors (Lipinski definition) is 12. The molecule has 0 saturated carbocycles. The molecule has 0 bridgehead atoms. The summed E-state index contributed by atoms with van der Waals surface area (Å²) in [5, 5.41) is 5.43. The van der Waals surface area contributed by atoms with Gasteiger partial charge in [0.1, 0.15) is 0 Å². The van der Waals surface area contributed by atoms with Crippen molar-refractivity contribution in [2.75, 3.05) is 74.3 Å². The van der Waals surface area contributed by atoms with E-state index < -0.39 is 16.1 Å². The van der Waals surface area contributed by atoms with Crippen LogP contribution in [-0.2, 0) is 21.3 Å². The minimum atomic E-state index is -3.16. The molecule has 0 atom stereocenters. The third kappa shape index (κ3) is 7.51. The summed E-state index contributed by atoms with van der Waals surface area (Å²) in [7, 11) is -3.16. The first-order chi connectivity index (χ1) is 21.3. The number of carbonyl (C=O) groups excluding carboxylic acids is 1. The molecule has 0 radical (unpaired) electrons. The predicted octanol–water partition coefficient (Wildman–Crippen LogP) is 2.61. The molecule has 5 heterocycles. The van der Waals surface area contributed by atoms with E-state index in [4.69, 9.17) is 19.7 Å². The first-order valence-corrected chi connectivity index (χ1v) is 16.8. The highest BCUT2D eigenvalue weighted by molar-refractivity contribution is 7.88. The lowest BCUT2D eigenvalue weighted by Gasteiger charge is -2.32. The molecule has 2 N–H and O–H groups in total. The number of carbonyl (C=O) groups is 1. The van der Waals surface area contributed by atoms with Crippen LogP contribution < -0.4 is 15.5 Å². The smallest absolute Gasteiger partial charge is 0.324 e. The lowest BCUT2D eigenvalue weighted by atomic mass is 10.2. The Hall–Kier alpha value is -4.09. The van der Waals surface area contributed by atoms with Crippen LogP contribution >= 0.6 is 11.3 Å². The Morgan fingerprint density at radius 3 is 2.36 bits per heavy atom. The molecule has 1 aromatic carbocycles. The molecule has 2 amide bonds. The average Bonchev–Trinajstić information content (AvgIpc) is 3.50. The van der Waals surface area contributed by atoms with E-state index in [0.29, 0.717) is 81.6 Å². The van der Waals surface area contributed by atoms with Crippen molar-refractivity contribution in [1.29, 1.82) is 0 Å². The van der Waals surface area contributed by atoms with Crippen LogP contribution in [0.2, 0.25) is 0 Å². The number of urea groups is 1. The maximum Gasteiger partial charge on any atom is 0.324 e. The molecule has 4 aromatic rings. The highest BCUT2D eigenvalue weighted by Gasteiger charge is 2.24. The Morgan fingerprint density at radius 1 is 0.909 bits per heavy atom. The quantitative estimate of drug-likeness (QED) is 0.293. The third-order valence-electron chi connectivity index (χ3n) is 7.19. The number of nitrogens with one attached hydrogen (secondary N) is 2. The van der Waals surface area contributed by atoms with Gasteiger partial charge in [0.05, 0.1) is 30.5 Å². The maximum absolute atomic E-state index is 12.4. The van der Waals surface area contributed by atoms with Crippen molar-refractivity contribution in [2.45, 2.75) is 6.54 Å². The molecule has 16 heteroatoms. The zero-order valence-electron chi connectivity index (χ0n) is 24.1. The zero-order valence-corrected chi connectivity index (χ0v) is 25.7. The van der Waals surface area contributed by atoms with Crippen LogP contribution in [-0.4, -0.2) is 107 Å². The van der Waals surface area contributed by atoms with Gasteiger partial charge in [-0.3, -0.25) is 15.2 Å². The topological polar surface area (TPSA) is 159 Å². The first-order valence-electron chi connectivity index (χ1n) is 14.1. The number of ether oxygens (including phenoxy) is 1. The lowest BCUT2D eigenvalue weighted by molar-refractivity contribution is 0.122. The van der Waals surface area contributed by atoms with Gasteiger partial charge < -0.3 is 15.0 Å². The summed E-state index contributed by atoms with van der Waals surface area (Å²) in [4.78, 5) is 41.3. The van der Waals surface area contributed by atoms with E-state index in [2.05, 4.69) is 36.5 Å². The van der Waals surface area contributed by atoms with Gasteiger partial charge in [-0.25, -0.2) is 23.2 Å². The largest absolute Gasteiger partial charge is 0.378 e. The van der Waals surface area contributed by atoms with Crippen molar-refractivity contribution in [3.63, 3.8) is 0 Å². The second-order valence-electron chi connectivity index (χ2n) is 10.3. The number of aromatic nitrogens is 5. The highest BCUT2D eigenvalue weighted by atomic mass is 32.2. The number of amides is 2. The SMILES string of the molecule is CS(=O)(=O)N1CCN(Cc2ccc(-c3nc(-c4ccc(NC(=O)Nc5cnccn5)cc4)nc(N4CCOCC4)n3)s2)CC1. The molecule has 0 spiro atoms. The number of rotatable bonds is 8. The minimum Gasteiger partial charge on any atom is -0.378 e. The number of anilines is 3. The number of piperazine rings is 1. The van der Waals surface area contributed by atoms with Crippen molar-refractivity contribution < 1.29 is 17.9 Å². The Balaban J connectivity index is 1.19. The normalized spacial score (nSPS) is 16.5. The molecule has 2 fully saturated rings. The molecule has 44 heavy (non-hydrogen) atoms. The van der Waals surface area contributed by atoms with Gasteiger partial charge in [-0.2, -0.15) is 14.3 Å². The van der Waals surface area contributed by atoms with Gasteiger partial charge in [0.2, 0.25) is 16.0 Å². The average molecular weight is 637 g/mol. The van der Waals surface area contributed by atoms with Gasteiger partial charge in [0, 0.05) is 74.3 Å². The van der Waals surface area contributed by atoms with E-state index in [0.717, 1.165) is 21.9 Å². The van der Waals surface area contributed by atoms with Crippen LogP contribution in [0.15, 0.2) is 55.0 Å². The van der Waals surface area contributed by atoms with Gasteiger partial charge in [0.25, 0.3) is 0 Å². The van der Waals surface area contributed by atoms with Gasteiger partial charge in [-0.15, -0.1) is 11.3 Å². The van der Waals surface area contributed by atoms with Gasteiger partial charge >= 0.3 is 6.03 Å². The molecule has 14 nitrogen and oxygen atoms in total. The Kier molecular flexibility index (Phi) is 9.04. The summed E-state index contributed by atoms with van der Waals surface area (Å²) in [5.41, 5.74) is 1.38. The summed E-state index contributed by atoms with van der Waals surface area (Å²) in [5.74, 6) is 2.05.